The van der Waals surface area contributed by atoms with Crippen molar-refractivity contribution in [1.29, 1.82) is 0 Å². The second-order valence-corrected chi connectivity index (χ2v) is 1.63. The minimum Gasteiger partial charge on any atom is -0.494 e. The standard InChI is InChI=1S/C5H8O2/c1-4-5(2-6)3-7-4/h3-4,6H,2H2,1H3. The quantitative estimate of drug-likeness (QED) is 0.513. The van der Waals surface area contributed by atoms with Gasteiger partial charge in [-0.2, -0.15) is 0 Å². The number of aliphatic hydroxyl groups excluding tert-OH is 1. The van der Waals surface area contributed by atoms with Gasteiger partial charge in [0, 0.05) is 5.57 Å². The first kappa shape index (κ1) is 4.65. The van der Waals surface area contributed by atoms with Crippen LogP contribution in [0.25, 0.3) is 0 Å². The molecule has 1 atom stereocenters. The molecule has 40 valence electrons. The number of rotatable bonds is 1. The summed E-state index contributed by atoms with van der Waals surface area (Å²) in [6.45, 7) is 2.05. The van der Waals surface area contributed by atoms with Gasteiger partial charge in [-0.05, 0) is 6.92 Å². The van der Waals surface area contributed by atoms with E-state index in [1.807, 2.05) is 6.92 Å². The predicted octanol–water partition coefficient (Wildman–Crippen LogP) is 0.281. The maximum atomic E-state index is 8.41. The molecule has 1 rings (SSSR count). The summed E-state index contributed by atoms with van der Waals surface area (Å²) in [7, 11) is 0. The Morgan fingerprint density at radius 1 is 2.00 bits per heavy atom. The van der Waals surface area contributed by atoms with E-state index in [9.17, 15) is 0 Å². The first-order valence-corrected chi connectivity index (χ1v) is 2.30. The Labute approximate surface area is 42.4 Å². The van der Waals surface area contributed by atoms with Gasteiger partial charge in [-0.1, -0.05) is 0 Å². The summed E-state index contributed by atoms with van der Waals surface area (Å²) in [6, 6.07) is 0. The Bertz CT molecular complexity index is 96.3. The number of aliphatic hydroxyl groups is 1. The highest BCUT2D eigenvalue weighted by Crippen LogP contribution is 2.15. The van der Waals surface area contributed by atoms with Crippen LogP contribution in [0.4, 0.5) is 0 Å². The summed E-state index contributed by atoms with van der Waals surface area (Å²) in [5, 5.41) is 8.41. The van der Waals surface area contributed by atoms with E-state index >= 15 is 0 Å². The highest BCUT2D eigenvalue weighted by atomic mass is 16.5. The minimum atomic E-state index is 0.140. The zero-order valence-corrected chi connectivity index (χ0v) is 4.22. The van der Waals surface area contributed by atoms with Crippen molar-refractivity contribution in [3.63, 3.8) is 0 Å². The van der Waals surface area contributed by atoms with Gasteiger partial charge in [0.15, 0.2) is 0 Å². The van der Waals surface area contributed by atoms with Crippen LogP contribution in [0.15, 0.2) is 11.8 Å². The maximum absolute atomic E-state index is 8.41. The maximum Gasteiger partial charge on any atom is 0.121 e. The molecule has 1 aliphatic rings. The summed E-state index contributed by atoms with van der Waals surface area (Å²) in [6.07, 6.45) is 1.75. The molecule has 0 radical (unpaired) electrons. The van der Waals surface area contributed by atoms with Crippen molar-refractivity contribution in [3.05, 3.63) is 11.8 Å². The van der Waals surface area contributed by atoms with E-state index in [2.05, 4.69) is 0 Å². The number of hydrogen-bond donors (Lipinski definition) is 1. The molecule has 1 unspecified atom stereocenters. The molecular formula is C5H8O2. The molecule has 0 bridgehead atoms. The molecule has 2 heteroatoms. The smallest absolute Gasteiger partial charge is 0.121 e. The summed E-state index contributed by atoms with van der Waals surface area (Å²) >= 11 is 0. The highest BCUT2D eigenvalue weighted by Gasteiger charge is 2.15. The molecule has 0 aromatic heterocycles. The summed E-state index contributed by atoms with van der Waals surface area (Å²) in [5.74, 6) is 0. The molecule has 0 aromatic rings. The first-order chi connectivity index (χ1) is 3.34. The number of ether oxygens (including phenoxy) is 1. The average Bonchev–Trinajstić information content (AvgIpc) is 1.65. The van der Waals surface area contributed by atoms with E-state index in [0.717, 1.165) is 5.57 Å². The molecule has 2 nitrogen and oxygen atoms in total. The Hall–Kier alpha value is -0.500. The van der Waals surface area contributed by atoms with Gasteiger partial charge in [-0.15, -0.1) is 0 Å². The Morgan fingerprint density at radius 3 is 2.71 bits per heavy atom. The number of hydrogen-bond acceptors (Lipinski definition) is 2. The lowest BCUT2D eigenvalue weighted by Gasteiger charge is -2.22. The summed E-state index contributed by atoms with van der Waals surface area (Å²) < 4.78 is 4.81. The van der Waals surface area contributed by atoms with Gasteiger partial charge in [0.05, 0.1) is 12.9 Å². The van der Waals surface area contributed by atoms with Crippen molar-refractivity contribution in [1.82, 2.24) is 0 Å². The third kappa shape index (κ3) is 0.611. The Kier molecular flexibility index (Phi) is 1.02. The van der Waals surface area contributed by atoms with Crippen molar-refractivity contribution < 1.29 is 9.84 Å². The second kappa shape index (κ2) is 1.54. The van der Waals surface area contributed by atoms with Crippen LogP contribution in [0, 0.1) is 0 Å². The molecule has 7 heavy (non-hydrogen) atoms. The van der Waals surface area contributed by atoms with Gasteiger partial charge < -0.3 is 9.84 Å². The lowest BCUT2D eigenvalue weighted by molar-refractivity contribution is 0.115. The summed E-state index contributed by atoms with van der Waals surface area (Å²) in [4.78, 5) is 0. The lowest BCUT2D eigenvalue weighted by Crippen LogP contribution is -2.20. The topological polar surface area (TPSA) is 29.5 Å². The van der Waals surface area contributed by atoms with Crippen molar-refractivity contribution in [2.24, 2.45) is 0 Å². The molecule has 0 saturated heterocycles. The van der Waals surface area contributed by atoms with E-state index in [4.69, 9.17) is 9.84 Å². The first-order valence-electron chi connectivity index (χ1n) is 2.30. The Morgan fingerprint density at radius 2 is 2.71 bits per heavy atom. The second-order valence-electron chi connectivity index (χ2n) is 1.63. The van der Waals surface area contributed by atoms with E-state index in [1.165, 1.54) is 0 Å². The van der Waals surface area contributed by atoms with Gasteiger partial charge in [-0.25, -0.2) is 0 Å². The van der Waals surface area contributed by atoms with E-state index in [0.29, 0.717) is 0 Å². The van der Waals surface area contributed by atoms with Crippen LogP contribution in [0.3, 0.4) is 0 Å². The van der Waals surface area contributed by atoms with Crippen molar-refractivity contribution >= 4 is 0 Å². The zero-order chi connectivity index (χ0) is 5.28. The van der Waals surface area contributed by atoms with Gasteiger partial charge in [0.2, 0.25) is 0 Å². The predicted molar refractivity (Wildman–Crippen MR) is 25.7 cm³/mol. The fourth-order valence-electron chi connectivity index (χ4n) is 0.466. The van der Waals surface area contributed by atoms with Crippen LogP contribution in [0.5, 0.6) is 0 Å². The third-order valence-corrected chi connectivity index (χ3v) is 1.13. The minimum absolute atomic E-state index is 0.140. The third-order valence-electron chi connectivity index (χ3n) is 1.13. The molecule has 0 aromatic carbocycles. The molecule has 1 aliphatic heterocycles. The summed E-state index contributed by atoms with van der Waals surface area (Å²) in [5.41, 5.74) is 0.986. The molecule has 0 spiro atoms. The fourth-order valence-corrected chi connectivity index (χ4v) is 0.466. The van der Waals surface area contributed by atoms with Crippen LogP contribution in [0.1, 0.15) is 6.92 Å². The van der Waals surface area contributed by atoms with Crippen LogP contribution >= 0.6 is 0 Å². The largest absolute Gasteiger partial charge is 0.494 e. The molecule has 0 aliphatic carbocycles. The lowest BCUT2D eigenvalue weighted by atomic mass is 10.1. The monoisotopic (exact) mass is 100 g/mol. The fraction of sp³-hybridized carbons (Fsp3) is 0.600. The zero-order valence-electron chi connectivity index (χ0n) is 4.22. The molecule has 1 heterocycles. The molecule has 0 amide bonds. The molecule has 0 saturated carbocycles. The van der Waals surface area contributed by atoms with E-state index in [1.54, 1.807) is 6.26 Å². The van der Waals surface area contributed by atoms with E-state index in [-0.39, 0.29) is 12.7 Å². The van der Waals surface area contributed by atoms with Crippen molar-refractivity contribution in [2.45, 2.75) is 13.0 Å². The van der Waals surface area contributed by atoms with Crippen molar-refractivity contribution in [3.8, 4) is 0 Å². The van der Waals surface area contributed by atoms with Crippen LogP contribution < -0.4 is 0 Å². The van der Waals surface area contributed by atoms with Gasteiger partial charge >= 0.3 is 0 Å². The van der Waals surface area contributed by atoms with Gasteiger partial charge in [-0.3, -0.25) is 0 Å². The van der Waals surface area contributed by atoms with Gasteiger partial charge in [0.1, 0.15) is 6.10 Å². The Balaban J connectivity index is 2.41. The van der Waals surface area contributed by atoms with Crippen molar-refractivity contribution in [2.75, 3.05) is 6.61 Å². The van der Waals surface area contributed by atoms with Crippen LogP contribution in [0.2, 0.25) is 0 Å². The average molecular weight is 100 g/mol. The van der Waals surface area contributed by atoms with E-state index < -0.39 is 0 Å². The normalized spacial score (nSPS) is 27.7. The molecule has 0 fully saturated rings. The van der Waals surface area contributed by atoms with Crippen LogP contribution in [-0.4, -0.2) is 17.8 Å². The SMILES string of the molecule is CC1OC=C1CO. The molecular weight excluding hydrogens is 92.1 g/mol. The molecule has 1 N–H and O–H groups in total. The highest BCUT2D eigenvalue weighted by molar-refractivity contribution is 5.11. The van der Waals surface area contributed by atoms with Crippen LogP contribution in [-0.2, 0) is 4.74 Å². The van der Waals surface area contributed by atoms with Gasteiger partial charge in [0.25, 0.3) is 0 Å².